The maximum Gasteiger partial charge on any atom is 0.243 e. The predicted molar refractivity (Wildman–Crippen MR) is 104 cm³/mol. The molecular formula is C18H28ClF2N3O2S. The fourth-order valence-electron chi connectivity index (χ4n) is 3.81. The number of sulfonamides is 1. The highest BCUT2D eigenvalue weighted by Crippen LogP contribution is 2.23. The summed E-state index contributed by atoms with van der Waals surface area (Å²) in [6, 6.07) is 2.31. The molecule has 1 atom stereocenters. The van der Waals surface area contributed by atoms with E-state index in [2.05, 4.69) is 10.2 Å². The lowest BCUT2D eigenvalue weighted by molar-refractivity contribution is 0.190. The van der Waals surface area contributed by atoms with Crippen LogP contribution in [0.1, 0.15) is 32.1 Å². The van der Waals surface area contributed by atoms with Crippen LogP contribution in [0.4, 0.5) is 8.78 Å². The molecule has 0 aliphatic carbocycles. The van der Waals surface area contributed by atoms with Crippen LogP contribution in [-0.4, -0.2) is 62.9 Å². The summed E-state index contributed by atoms with van der Waals surface area (Å²) in [5.74, 6) is -1.75. The minimum absolute atomic E-state index is 0. The first kappa shape index (κ1) is 22.5. The first-order chi connectivity index (χ1) is 12.5. The first-order valence-corrected chi connectivity index (χ1v) is 10.8. The van der Waals surface area contributed by atoms with E-state index in [1.807, 2.05) is 0 Å². The number of benzene rings is 1. The van der Waals surface area contributed by atoms with Crippen molar-refractivity contribution in [1.82, 2.24) is 14.5 Å². The fourth-order valence-corrected chi connectivity index (χ4v) is 5.50. The van der Waals surface area contributed by atoms with Crippen LogP contribution in [0.5, 0.6) is 0 Å². The highest BCUT2D eigenvalue weighted by atomic mass is 35.5. The molecule has 0 radical (unpaired) electrons. The van der Waals surface area contributed by atoms with Crippen LogP contribution in [0.15, 0.2) is 23.1 Å². The van der Waals surface area contributed by atoms with Crippen molar-refractivity contribution in [3.8, 4) is 0 Å². The summed E-state index contributed by atoms with van der Waals surface area (Å²) in [4.78, 5) is 1.97. The van der Waals surface area contributed by atoms with Crippen molar-refractivity contribution in [2.75, 3.05) is 39.3 Å². The third-order valence-electron chi connectivity index (χ3n) is 5.21. The topological polar surface area (TPSA) is 52.7 Å². The molecule has 1 aromatic carbocycles. The molecule has 2 aliphatic heterocycles. The van der Waals surface area contributed by atoms with Crippen LogP contribution in [0.25, 0.3) is 0 Å². The van der Waals surface area contributed by atoms with E-state index < -0.39 is 21.7 Å². The molecule has 2 aliphatic rings. The molecule has 0 spiro atoms. The molecule has 5 nitrogen and oxygen atoms in total. The second kappa shape index (κ2) is 10.1. The van der Waals surface area contributed by atoms with Crippen molar-refractivity contribution < 1.29 is 17.2 Å². The number of hydrogen-bond donors (Lipinski definition) is 1. The van der Waals surface area contributed by atoms with E-state index in [-0.39, 0.29) is 23.3 Å². The average Bonchev–Trinajstić information content (AvgIpc) is 2.63. The molecule has 1 aromatic rings. The second-order valence-corrected chi connectivity index (χ2v) is 9.01. The maximum absolute atomic E-state index is 13.6. The highest BCUT2D eigenvalue weighted by molar-refractivity contribution is 7.89. The summed E-state index contributed by atoms with van der Waals surface area (Å²) < 4.78 is 55.0. The normalized spacial score (nSPS) is 21.8. The Kier molecular flexibility index (Phi) is 8.42. The van der Waals surface area contributed by atoms with Gasteiger partial charge < -0.3 is 10.2 Å². The number of hydrogen-bond acceptors (Lipinski definition) is 4. The number of piperidine rings is 2. The van der Waals surface area contributed by atoms with Crippen molar-refractivity contribution in [3.63, 3.8) is 0 Å². The number of likely N-dealkylation sites (tertiary alicyclic amines) is 1. The number of nitrogens with zero attached hydrogens (tertiary/aromatic N) is 2. The van der Waals surface area contributed by atoms with E-state index in [9.17, 15) is 17.2 Å². The molecular weight excluding hydrogens is 396 g/mol. The van der Waals surface area contributed by atoms with E-state index in [0.29, 0.717) is 25.7 Å². The minimum atomic E-state index is -3.96. The number of nitrogens with one attached hydrogen (secondary N) is 1. The van der Waals surface area contributed by atoms with Gasteiger partial charge in [0, 0.05) is 31.7 Å². The van der Waals surface area contributed by atoms with Crippen molar-refractivity contribution in [1.29, 1.82) is 0 Å². The highest BCUT2D eigenvalue weighted by Gasteiger charge is 2.33. The van der Waals surface area contributed by atoms with Crippen LogP contribution in [-0.2, 0) is 10.0 Å². The van der Waals surface area contributed by atoms with Gasteiger partial charge in [0.1, 0.15) is 11.6 Å². The SMILES string of the molecule is Cl.O=S(=O)(c1cc(F)cc(F)c1)N(CCN1CCCCC1)C1CCCNC1. The van der Waals surface area contributed by atoms with Crippen LogP contribution in [0.3, 0.4) is 0 Å². The zero-order valence-corrected chi connectivity index (χ0v) is 17.0. The average molecular weight is 424 g/mol. The van der Waals surface area contributed by atoms with E-state index in [1.165, 1.54) is 10.7 Å². The maximum atomic E-state index is 13.6. The Morgan fingerprint density at radius 2 is 1.74 bits per heavy atom. The Balaban J connectivity index is 0.00000261. The lowest BCUT2D eigenvalue weighted by atomic mass is 10.1. The Morgan fingerprint density at radius 1 is 1.07 bits per heavy atom. The van der Waals surface area contributed by atoms with Crippen molar-refractivity contribution in [2.24, 2.45) is 0 Å². The quantitative estimate of drug-likeness (QED) is 0.764. The lowest BCUT2D eigenvalue weighted by Crippen LogP contribution is -2.51. The molecule has 27 heavy (non-hydrogen) atoms. The Labute approximate surface area is 166 Å². The Hall–Kier alpha value is -0.800. The van der Waals surface area contributed by atoms with Gasteiger partial charge in [-0.3, -0.25) is 0 Å². The Morgan fingerprint density at radius 3 is 2.33 bits per heavy atom. The summed E-state index contributed by atoms with van der Waals surface area (Å²) in [7, 11) is -3.96. The molecule has 3 rings (SSSR count). The van der Waals surface area contributed by atoms with Crippen molar-refractivity contribution >= 4 is 22.4 Å². The summed E-state index contributed by atoms with van der Waals surface area (Å²) in [6.45, 7) is 4.37. The molecule has 0 bridgehead atoms. The number of halogens is 3. The van der Waals surface area contributed by atoms with E-state index >= 15 is 0 Å². The Bertz CT molecular complexity index is 688. The van der Waals surface area contributed by atoms with Gasteiger partial charge in [0.05, 0.1) is 4.90 Å². The predicted octanol–water partition coefficient (Wildman–Crippen LogP) is 2.62. The lowest BCUT2D eigenvalue weighted by Gasteiger charge is -2.36. The molecule has 9 heteroatoms. The molecule has 2 saturated heterocycles. The standard InChI is InChI=1S/C18H27F2N3O2S.ClH/c19-15-11-16(20)13-18(12-15)26(24,25)23(17-5-4-6-21-14-17)10-9-22-7-2-1-3-8-22;/h11-13,17,21H,1-10,14H2;1H. The fraction of sp³-hybridized carbons (Fsp3) is 0.667. The van der Waals surface area contributed by atoms with Gasteiger partial charge in [0.15, 0.2) is 0 Å². The zero-order chi connectivity index (χ0) is 18.6. The number of rotatable bonds is 6. The zero-order valence-electron chi connectivity index (χ0n) is 15.4. The van der Waals surface area contributed by atoms with E-state index in [0.717, 1.165) is 57.5 Å². The molecule has 1 unspecified atom stereocenters. The van der Waals surface area contributed by atoms with Gasteiger partial charge in [-0.1, -0.05) is 6.42 Å². The van der Waals surface area contributed by atoms with Gasteiger partial charge >= 0.3 is 0 Å². The molecule has 0 amide bonds. The van der Waals surface area contributed by atoms with Gasteiger partial charge in [0.2, 0.25) is 10.0 Å². The minimum Gasteiger partial charge on any atom is -0.315 e. The molecule has 0 aromatic heterocycles. The molecule has 154 valence electrons. The summed E-state index contributed by atoms with van der Waals surface area (Å²) in [5, 5.41) is 3.23. The summed E-state index contributed by atoms with van der Waals surface area (Å²) >= 11 is 0. The molecule has 1 N–H and O–H groups in total. The second-order valence-electron chi connectivity index (χ2n) is 7.12. The van der Waals surface area contributed by atoms with Crippen molar-refractivity contribution in [3.05, 3.63) is 29.8 Å². The van der Waals surface area contributed by atoms with Crippen molar-refractivity contribution in [2.45, 2.75) is 43.0 Å². The molecule has 0 saturated carbocycles. The van der Waals surface area contributed by atoms with Crippen LogP contribution in [0, 0.1) is 11.6 Å². The van der Waals surface area contributed by atoms with Crippen LogP contribution < -0.4 is 5.32 Å². The van der Waals surface area contributed by atoms with Crippen LogP contribution >= 0.6 is 12.4 Å². The smallest absolute Gasteiger partial charge is 0.243 e. The van der Waals surface area contributed by atoms with E-state index in [4.69, 9.17) is 0 Å². The van der Waals surface area contributed by atoms with Gasteiger partial charge in [-0.15, -0.1) is 12.4 Å². The van der Waals surface area contributed by atoms with Gasteiger partial charge in [-0.25, -0.2) is 17.2 Å². The largest absolute Gasteiger partial charge is 0.315 e. The van der Waals surface area contributed by atoms with Crippen LogP contribution in [0.2, 0.25) is 0 Å². The van der Waals surface area contributed by atoms with E-state index in [1.54, 1.807) is 0 Å². The van der Waals surface area contributed by atoms with Gasteiger partial charge in [-0.05, 0) is 57.5 Å². The molecule has 2 fully saturated rings. The monoisotopic (exact) mass is 423 g/mol. The summed E-state index contributed by atoms with van der Waals surface area (Å²) in [5.41, 5.74) is 0. The third-order valence-corrected chi connectivity index (χ3v) is 7.14. The van der Waals surface area contributed by atoms with Gasteiger partial charge in [0.25, 0.3) is 0 Å². The third kappa shape index (κ3) is 5.84. The first-order valence-electron chi connectivity index (χ1n) is 9.38. The molecule has 2 heterocycles. The van der Waals surface area contributed by atoms with Gasteiger partial charge in [-0.2, -0.15) is 4.31 Å². The summed E-state index contributed by atoms with van der Waals surface area (Å²) in [6.07, 6.45) is 5.12.